The lowest BCUT2D eigenvalue weighted by molar-refractivity contribution is -0.114. The summed E-state index contributed by atoms with van der Waals surface area (Å²) in [4.78, 5) is 10.8. The van der Waals surface area contributed by atoms with E-state index >= 15 is 0 Å². The lowest BCUT2D eigenvalue weighted by Crippen LogP contribution is -2.08. The van der Waals surface area contributed by atoms with E-state index in [1.165, 1.54) is 6.92 Å². The van der Waals surface area contributed by atoms with Crippen molar-refractivity contribution in [2.75, 3.05) is 10.6 Å². The van der Waals surface area contributed by atoms with Crippen LogP contribution >= 0.6 is 23.2 Å². The number of carbonyl (C=O) groups excluding carboxylic acids is 1. The molecule has 19 heavy (non-hydrogen) atoms. The van der Waals surface area contributed by atoms with Crippen molar-refractivity contribution in [3.05, 3.63) is 40.4 Å². The molecule has 0 radical (unpaired) electrons. The number of amides is 1. The van der Waals surface area contributed by atoms with Crippen molar-refractivity contribution < 1.29 is 4.79 Å². The number of aromatic nitrogens is 2. The minimum atomic E-state index is -0.204. The molecular formula is C12H10Cl2N4O. The van der Waals surface area contributed by atoms with Crippen LogP contribution in [0.15, 0.2) is 30.3 Å². The highest BCUT2D eigenvalue weighted by molar-refractivity contribution is 6.39. The van der Waals surface area contributed by atoms with Gasteiger partial charge in [-0.1, -0.05) is 29.3 Å². The van der Waals surface area contributed by atoms with Crippen LogP contribution in [0.25, 0.3) is 0 Å². The fourth-order valence-electron chi connectivity index (χ4n) is 1.39. The van der Waals surface area contributed by atoms with E-state index < -0.39 is 0 Å². The zero-order chi connectivity index (χ0) is 13.8. The largest absolute Gasteiger partial charge is 0.336 e. The molecule has 2 aromatic rings. The molecule has 0 atom stereocenters. The van der Waals surface area contributed by atoms with E-state index in [4.69, 9.17) is 23.2 Å². The van der Waals surface area contributed by atoms with Crippen LogP contribution in [-0.4, -0.2) is 16.1 Å². The Morgan fingerprint density at radius 1 is 1.05 bits per heavy atom. The topological polar surface area (TPSA) is 66.9 Å². The molecule has 7 heteroatoms. The van der Waals surface area contributed by atoms with Gasteiger partial charge in [0.15, 0.2) is 11.6 Å². The summed E-state index contributed by atoms with van der Waals surface area (Å²) in [5.41, 5.74) is 0.562. The summed E-state index contributed by atoms with van der Waals surface area (Å²) >= 11 is 12.1. The number of halogens is 2. The molecule has 1 aromatic carbocycles. The quantitative estimate of drug-likeness (QED) is 0.910. The van der Waals surface area contributed by atoms with Gasteiger partial charge in [-0.15, -0.1) is 10.2 Å². The molecule has 0 aliphatic carbocycles. The van der Waals surface area contributed by atoms with Gasteiger partial charge < -0.3 is 10.6 Å². The molecular weight excluding hydrogens is 287 g/mol. The average molecular weight is 297 g/mol. The third-order valence-corrected chi connectivity index (χ3v) is 2.81. The van der Waals surface area contributed by atoms with Crippen molar-refractivity contribution in [1.29, 1.82) is 0 Å². The molecule has 5 nitrogen and oxygen atoms in total. The standard InChI is InChI=1S/C12H10Cl2N4O/c1-7(19)15-10-5-6-11(18-17-10)16-12-8(13)3-2-4-9(12)14/h2-6H,1H3,(H,16,18)(H,15,17,19). The molecule has 1 heterocycles. The average Bonchev–Trinajstić information content (AvgIpc) is 2.35. The van der Waals surface area contributed by atoms with Gasteiger partial charge in [-0.2, -0.15) is 0 Å². The van der Waals surface area contributed by atoms with E-state index in [1.807, 2.05) is 0 Å². The van der Waals surface area contributed by atoms with E-state index in [0.29, 0.717) is 27.4 Å². The van der Waals surface area contributed by atoms with Gasteiger partial charge >= 0.3 is 0 Å². The van der Waals surface area contributed by atoms with Crippen LogP contribution < -0.4 is 10.6 Å². The summed E-state index contributed by atoms with van der Waals surface area (Å²) in [5, 5.41) is 14.2. The summed E-state index contributed by atoms with van der Waals surface area (Å²) < 4.78 is 0. The van der Waals surface area contributed by atoms with Gasteiger partial charge in [0.05, 0.1) is 15.7 Å². The Hall–Kier alpha value is -1.85. The van der Waals surface area contributed by atoms with Crippen molar-refractivity contribution in [3.63, 3.8) is 0 Å². The Bertz CT molecular complexity index is 581. The summed E-state index contributed by atoms with van der Waals surface area (Å²) in [7, 11) is 0. The summed E-state index contributed by atoms with van der Waals surface area (Å²) in [6.45, 7) is 1.40. The number of hydrogen-bond acceptors (Lipinski definition) is 4. The number of hydrogen-bond donors (Lipinski definition) is 2. The van der Waals surface area contributed by atoms with Crippen LogP contribution in [0, 0.1) is 0 Å². The highest BCUT2D eigenvalue weighted by Gasteiger charge is 2.06. The van der Waals surface area contributed by atoms with Crippen LogP contribution in [0.3, 0.4) is 0 Å². The van der Waals surface area contributed by atoms with E-state index in [1.54, 1.807) is 30.3 Å². The Morgan fingerprint density at radius 2 is 1.63 bits per heavy atom. The molecule has 0 aliphatic rings. The first-order chi connectivity index (χ1) is 9.06. The monoisotopic (exact) mass is 296 g/mol. The lowest BCUT2D eigenvalue weighted by Gasteiger charge is -2.09. The SMILES string of the molecule is CC(=O)Nc1ccc(Nc2c(Cl)cccc2Cl)nn1. The van der Waals surface area contributed by atoms with Crippen molar-refractivity contribution in [3.8, 4) is 0 Å². The van der Waals surface area contributed by atoms with E-state index in [2.05, 4.69) is 20.8 Å². The Labute approximate surface area is 119 Å². The van der Waals surface area contributed by atoms with E-state index in [-0.39, 0.29) is 5.91 Å². The molecule has 98 valence electrons. The van der Waals surface area contributed by atoms with Crippen molar-refractivity contribution in [2.45, 2.75) is 6.92 Å². The van der Waals surface area contributed by atoms with Gasteiger partial charge in [-0.3, -0.25) is 4.79 Å². The highest BCUT2D eigenvalue weighted by atomic mass is 35.5. The van der Waals surface area contributed by atoms with Gasteiger partial charge in [-0.25, -0.2) is 0 Å². The maximum Gasteiger partial charge on any atom is 0.222 e. The normalized spacial score (nSPS) is 10.1. The minimum absolute atomic E-state index is 0.204. The second-order valence-corrected chi connectivity index (χ2v) is 4.52. The third kappa shape index (κ3) is 3.56. The van der Waals surface area contributed by atoms with Crippen molar-refractivity contribution in [2.24, 2.45) is 0 Å². The maximum atomic E-state index is 10.8. The van der Waals surface area contributed by atoms with Gasteiger partial charge in [0, 0.05) is 6.92 Å². The summed E-state index contributed by atoms with van der Waals surface area (Å²) in [6, 6.07) is 8.48. The van der Waals surface area contributed by atoms with Gasteiger partial charge in [0.1, 0.15) is 0 Å². The third-order valence-electron chi connectivity index (χ3n) is 2.18. The molecule has 0 aliphatic heterocycles. The van der Waals surface area contributed by atoms with Crippen LogP contribution in [0.1, 0.15) is 6.92 Å². The van der Waals surface area contributed by atoms with Gasteiger partial charge in [0.2, 0.25) is 5.91 Å². The molecule has 0 saturated heterocycles. The molecule has 0 unspecified atom stereocenters. The molecule has 2 rings (SSSR count). The smallest absolute Gasteiger partial charge is 0.222 e. The maximum absolute atomic E-state index is 10.8. The summed E-state index contributed by atoms with van der Waals surface area (Å²) in [6.07, 6.45) is 0. The van der Waals surface area contributed by atoms with Crippen molar-refractivity contribution >= 4 is 46.4 Å². The number of anilines is 3. The number of benzene rings is 1. The molecule has 1 aromatic heterocycles. The van der Waals surface area contributed by atoms with Crippen molar-refractivity contribution in [1.82, 2.24) is 10.2 Å². The fraction of sp³-hybridized carbons (Fsp3) is 0.0833. The van der Waals surface area contributed by atoms with Crippen LogP contribution in [-0.2, 0) is 4.79 Å². The van der Waals surface area contributed by atoms with Crippen LogP contribution in [0.5, 0.6) is 0 Å². The van der Waals surface area contributed by atoms with E-state index in [9.17, 15) is 4.79 Å². The Morgan fingerprint density at radius 3 is 2.16 bits per heavy atom. The lowest BCUT2D eigenvalue weighted by atomic mass is 10.3. The molecule has 1 amide bonds. The Balaban J connectivity index is 2.18. The molecule has 2 N–H and O–H groups in total. The first-order valence-corrected chi connectivity index (χ1v) is 6.14. The second kappa shape index (κ2) is 5.86. The highest BCUT2D eigenvalue weighted by Crippen LogP contribution is 2.31. The minimum Gasteiger partial charge on any atom is -0.336 e. The van der Waals surface area contributed by atoms with E-state index in [0.717, 1.165) is 0 Å². The molecule has 0 spiro atoms. The second-order valence-electron chi connectivity index (χ2n) is 3.71. The molecule has 0 saturated carbocycles. The first-order valence-electron chi connectivity index (χ1n) is 5.38. The predicted octanol–water partition coefficient (Wildman–Crippen LogP) is 3.49. The number of para-hydroxylation sites is 1. The molecule has 0 fully saturated rings. The number of rotatable bonds is 3. The summed E-state index contributed by atoms with van der Waals surface area (Å²) in [5.74, 6) is 0.650. The number of nitrogens with zero attached hydrogens (tertiary/aromatic N) is 2. The van der Waals surface area contributed by atoms with Crippen LogP contribution in [0.2, 0.25) is 10.0 Å². The first kappa shape index (κ1) is 13.6. The predicted molar refractivity (Wildman–Crippen MR) is 76.1 cm³/mol. The zero-order valence-corrected chi connectivity index (χ0v) is 11.5. The number of nitrogens with one attached hydrogen (secondary N) is 2. The Kier molecular flexibility index (Phi) is 4.19. The fourth-order valence-corrected chi connectivity index (χ4v) is 1.88. The van der Waals surface area contributed by atoms with Gasteiger partial charge in [0.25, 0.3) is 0 Å². The van der Waals surface area contributed by atoms with Crippen LogP contribution in [0.4, 0.5) is 17.3 Å². The molecule has 0 bridgehead atoms. The number of carbonyl (C=O) groups is 1. The van der Waals surface area contributed by atoms with Gasteiger partial charge in [-0.05, 0) is 24.3 Å². The zero-order valence-electron chi connectivity index (χ0n) is 9.95.